The Kier molecular flexibility index (Phi) is 7.11. The number of carbonyl (C=O) groups excluding carboxylic acids is 2. The highest BCUT2D eigenvalue weighted by atomic mass is 16.5. The molecule has 1 atom stereocenters. The number of nitrogens with zero attached hydrogens (tertiary/aromatic N) is 2. The van der Waals surface area contributed by atoms with Crippen LogP contribution in [-0.2, 0) is 4.79 Å². The van der Waals surface area contributed by atoms with Crippen molar-refractivity contribution >= 4 is 17.5 Å². The van der Waals surface area contributed by atoms with Gasteiger partial charge in [-0.2, -0.15) is 0 Å². The first-order chi connectivity index (χ1) is 14.3. The molecule has 30 heavy (non-hydrogen) atoms. The molecule has 2 amide bonds. The van der Waals surface area contributed by atoms with E-state index in [4.69, 9.17) is 4.74 Å². The van der Waals surface area contributed by atoms with Crippen molar-refractivity contribution in [3.63, 3.8) is 0 Å². The molecular weight excluding hydrogens is 378 g/mol. The first-order valence-electron chi connectivity index (χ1n) is 10.5. The largest absolute Gasteiger partial charge is 0.481 e. The number of ether oxygens (including phenoxy) is 1. The van der Waals surface area contributed by atoms with Crippen LogP contribution in [0.5, 0.6) is 5.75 Å². The zero-order valence-corrected chi connectivity index (χ0v) is 18.2. The van der Waals surface area contributed by atoms with E-state index in [0.717, 1.165) is 37.5 Å². The Balaban J connectivity index is 1.58. The summed E-state index contributed by atoms with van der Waals surface area (Å²) in [7, 11) is 2.06. The predicted octanol–water partition coefficient (Wildman–Crippen LogP) is 3.60. The van der Waals surface area contributed by atoms with Gasteiger partial charge in [-0.15, -0.1) is 0 Å². The molecule has 0 aromatic heterocycles. The summed E-state index contributed by atoms with van der Waals surface area (Å²) in [6, 6.07) is 14.8. The van der Waals surface area contributed by atoms with Crippen LogP contribution in [0.1, 0.15) is 42.6 Å². The highest BCUT2D eigenvalue weighted by Crippen LogP contribution is 2.27. The summed E-state index contributed by atoms with van der Waals surface area (Å²) in [4.78, 5) is 29.3. The van der Waals surface area contributed by atoms with Gasteiger partial charge in [-0.05, 0) is 55.8 Å². The fourth-order valence-electron chi connectivity index (χ4n) is 3.44. The molecule has 1 unspecified atom stereocenters. The van der Waals surface area contributed by atoms with Gasteiger partial charge in [0.1, 0.15) is 5.75 Å². The maximum absolute atomic E-state index is 12.6. The molecule has 3 rings (SSSR count). The lowest BCUT2D eigenvalue weighted by Gasteiger charge is -2.32. The number of hydrogen-bond donors (Lipinski definition) is 1. The average Bonchev–Trinajstić information content (AvgIpc) is 2.74. The van der Waals surface area contributed by atoms with Gasteiger partial charge in [0.05, 0.1) is 0 Å². The van der Waals surface area contributed by atoms with Crippen LogP contribution >= 0.6 is 0 Å². The third kappa shape index (κ3) is 5.39. The van der Waals surface area contributed by atoms with E-state index in [9.17, 15) is 9.59 Å². The lowest BCUT2D eigenvalue weighted by molar-refractivity contribution is -0.122. The number of nitrogens with one attached hydrogen (secondary N) is 1. The third-order valence-electron chi connectivity index (χ3n) is 5.40. The standard InChI is InChI=1S/C24H31N3O3/c1-17(2)21-7-5-6-8-22(21)30-18(3)23(28)25-20-11-9-19(10-12-20)24(29)27-15-13-26(4)14-16-27/h5-12,17-18H,13-16H2,1-4H3,(H,25,28). The number of benzene rings is 2. The Morgan fingerprint density at radius 3 is 2.20 bits per heavy atom. The average molecular weight is 410 g/mol. The maximum atomic E-state index is 12.6. The van der Waals surface area contributed by atoms with Gasteiger partial charge < -0.3 is 19.9 Å². The Bertz CT molecular complexity index is 872. The van der Waals surface area contributed by atoms with Crippen molar-refractivity contribution < 1.29 is 14.3 Å². The van der Waals surface area contributed by atoms with Crippen molar-refractivity contribution in [2.75, 3.05) is 38.5 Å². The molecule has 2 aromatic carbocycles. The number of para-hydroxylation sites is 1. The van der Waals surface area contributed by atoms with Crippen molar-refractivity contribution in [3.05, 3.63) is 59.7 Å². The van der Waals surface area contributed by atoms with Gasteiger partial charge in [-0.25, -0.2) is 0 Å². The molecule has 0 saturated carbocycles. The molecule has 0 bridgehead atoms. The Labute approximate surface area is 178 Å². The molecule has 1 fully saturated rings. The summed E-state index contributed by atoms with van der Waals surface area (Å²) in [5, 5.41) is 2.87. The van der Waals surface area contributed by atoms with Crippen molar-refractivity contribution in [2.45, 2.75) is 32.8 Å². The zero-order valence-electron chi connectivity index (χ0n) is 18.2. The van der Waals surface area contributed by atoms with Crippen LogP contribution < -0.4 is 10.1 Å². The van der Waals surface area contributed by atoms with Crippen LogP contribution in [0.3, 0.4) is 0 Å². The van der Waals surface area contributed by atoms with Crippen LogP contribution in [0.2, 0.25) is 0 Å². The number of hydrogen-bond acceptors (Lipinski definition) is 4. The van der Waals surface area contributed by atoms with E-state index in [1.165, 1.54) is 0 Å². The maximum Gasteiger partial charge on any atom is 0.265 e. The molecule has 1 heterocycles. The van der Waals surface area contributed by atoms with Gasteiger partial charge in [0, 0.05) is 37.4 Å². The van der Waals surface area contributed by atoms with Gasteiger partial charge in [0.25, 0.3) is 11.8 Å². The van der Waals surface area contributed by atoms with Crippen LogP contribution in [0.15, 0.2) is 48.5 Å². The quantitative estimate of drug-likeness (QED) is 0.792. The number of piperazine rings is 1. The van der Waals surface area contributed by atoms with Crippen molar-refractivity contribution in [1.29, 1.82) is 0 Å². The van der Waals surface area contributed by atoms with Crippen molar-refractivity contribution in [2.24, 2.45) is 0 Å². The molecular formula is C24H31N3O3. The monoisotopic (exact) mass is 409 g/mol. The summed E-state index contributed by atoms with van der Waals surface area (Å²) < 4.78 is 5.91. The fourth-order valence-corrected chi connectivity index (χ4v) is 3.44. The summed E-state index contributed by atoms with van der Waals surface area (Å²) in [5.74, 6) is 0.833. The highest BCUT2D eigenvalue weighted by Gasteiger charge is 2.21. The normalized spacial score (nSPS) is 15.7. The second-order valence-electron chi connectivity index (χ2n) is 8.11. The second-order valence-corrected chi connectivity index (χ2v) is 8.11. The summed E-state index contributed by atoms with van der Waals surface area (Å²) in [5.41, 5.74) is 2.35. The van der Waals surface area contributed by atoms with Crippen LogP contribution in [0, 0.1) is 0 Å². The number of carbonyl (C=O) groups is 2. The van der Waals surface area contributed by atoms with E-state index < -0.39 is 6.10 Å². The second kappa shape index (κ2) is 9.76. The number of likely N-dealkylation sites (N-methyl/N-ethyl adjacent to an activating group) is 1. The van der Waals surface area contributed by atoms with Gasteiger partial charge in [-0.3, -0.25) is 9.59 Å². The van der Waals surface area contributed by atoms with E-state index in [1.54, 1.807) is 31.2 Å². The van der Waals surface area contributed by atoms with Crippen molar-refractivity contribution in [1.82, 2.24) is 9.80 Å². The molecule has 6 nitrogen and oxygen atoms in total. The van der Waals surface area contributed by atoms with E-state index in [2.05, 4.69) is 31.1 Å². The highest BCUT2D eigenvalue weighted by molar-refractivity contribution is 5.97. The Morgan fingerprint density at radius 2 is 1.57 bits per heavy atom. The molecule has 2 aromatic rings. The summed E-state index contributed by atoms with van der Waals surface area (Å²) >= 11 is 0. The topological polar surface area (TPSA) is 61.9 Å². The van der Waals surface area contributed by atoms with E-state index >= 15 is 0 Å². The summed E-state index contributed by atoms with van der Waals surface area (Å²) in [6.07, 6.45) is -0.642. The zero-order chi connectivity index (χ0) is 21.7. The molecule has 0 radical (unpaired) electrons. The minimum atomic E-state index is -0.642. The van der Waals surface area contributed by atoms with E-state index in [-0.39, 0.29) is 11.8 Å². The molecule has 6 heteroatoms. The first kappa shape index (κ1) is 21.8. The molecule has 1 N–H and O–H groups in total. The third-order valence-corrected chi connectivity index (χ3v) is 5.40. The Morgan fingerprint density at radius 1 is 0.933 bits per heavy atom. The predicted molar refractivity (Wildman–Crippen MR) is 119 cm³/mol. The van der Waals surface area contributed by atoms with Crippen LogP contribution in [-0.4, -0.2) is 60.9 Å². The first-order valence-corrected chi connectivity index (χ1v) is 10.5. The van der Waals surface area contributed by atoms with Gasteiger partial charge in [0.2, 0.25) is 0 Å². The number of rotatable bonds is 6. The molecule has 1 saturated heterocycles. The molecule has 0 aliphatic carbocycles. The van der Waals surface area contributed by atoms with E-state index in [0.29, 0.717) is 17.2 Å². The van der Waals surface area contributed by atoms with Crippen LogP contribution in [0.25, 0.3) is 0 Å². The lowest BCUT2D eigenvalue weighted by atomic mass is 10.0. The molecule has 1 aliphatic heterocycles. The minimum absolute atomic E-state index is 0.0305. The van der Waals surface area contributed by atoms with Gasteiger partial charge in [0.15, 0.2) is 6.10 Å². The number of amides is 2. The van der Waals surface area contributed by atoms with Gasteiger partial charge in [-0.1, -0.05) is 32.0 Å². The molecule has 1 aliphatic rings. The van der Waals surface area contributed by atoms with Gasteiger partial charge >= 0.3 is 0 Å². The van der Waals surface area contributed by atoms with Crippen molar-refractivity contribution in [3.8, 4) is 5.75 Å². The Hall–Kier alpha value is -2.86. The number of anilines is 1. The SMILES string of the molecule is CC(Oc1ccccc1C(C)C)C(=O)Nc1ccc(C(=O)N2CCN(C)CC2)cc1. The molecule has 0 spiro atoms. The van der Waals surface area contributed by atoms with Crippen LogP contribution in [0.4, 0.5) is 5.69 Å². The lowest BCUT2D eigenvalue weighted by Crippen LogP contribution is -2.47. The smallest absolute Gasteiger partial charge is 0.265 e. The minimum Gasteiger partial charge on any atom is -0.481 e. The summed E-state index contributed by atoms with van der Waals surface area (Å²) in [6.45, 7) is 9.17. The molecule has 160 valence electrons. The van der Waals surface area contributed by atoms with E-state index in [1.807, 2.05) is 29.2 Å². The fraction of sp³-hybridized carbons (Fsp3) is 0.417.